The molecule has 0 radical (unpaired) electrons. The summed E-state index contributed by atoms with van der Waals surface area (Å²) in [4.78, 5) is 47.9. The molecule has 2 saturated heterocycles. The molecule has 352 valence electrons. The Labute approximate surface area is 386 Å². The monoisotopic (exact) mass is 891 g/mol. The second kappa shape index (κ2) is 21.0. The number of aromatic nitrogens is 4. The molecule has 1 N–H and O–H groups in total. The number of carbonyl (C=O) groups is 2. The number of aliphatic carboxylic acids is 1. The summed E-state index contributed by atoms with van der Waals surface area (Å²) in [5, 5.41) is 11.3. The van der Waals surface area contributed by atoms with Gasteiger partial charge in [0.05, 0.1) is 18.4 Å². The van der Waals surface area contributed by atoms with Crippen molar-refractivity contribution in [3.05, 3.63) is 59.9 Å². The molecule has 4 aromatic heterocycles. The molecule has 65 heavy (non-hydrogen) atoms. The Kier molecular flexibility index (Phi) is 15.2. The highest BCUT2D eigenvalue weighted by Crippen LogP contribution is 2.43. The van der Waals surface area contributed by atoms with Crippen LogP contribution in [0.4, 0.5) is 0 Å². The minimum atomic E-state index is -0.681. The Bertz CT molecular complexity index is 2210. The summed E-state index contributed by atoms with van der Waals surface area (Å²) in [7, 11) is 0. The third-order valence-corrected chi connectivity index (χ3v) is 15.5. The molecule has 4 fully saturated rings. The maximum Gasteiger partial charge on any atom is 0.309 e. The van der Waals surface area contributed by atoms with Crippen molar-refractivity contribution in [3.8, 4) is 11.8 Å². The van der Waals surface area contributed by atoms with E-state index < -0.39 is 5.97 Å². The van der Waals surface area contributed by atoms with Gasteiger partial charge in [0.1, 0.15) is 12.2 Å². The fraction of sp³-hybridized carbons (Fsp3) is 0.660. The highest BCUT2D eigenvalue weighted by atomic mass is 16.5. The summed E-state index contributed by atoms with van der Waals surface area (Å²) in [6.07, 6.45) is 19.2. The molecular formula is C53H74N6O6. The van der Waals surface area contributed by atoms with Gasteiger partial charge in [-0.3, -0.25) is 19.4 Å². The Balaban J connectivity index is 0.688. The van der Waals surface area contributed by atoms with E-state index in [1.807, 2.05) is 30.6 Å². The Morgan fingerprint density at radius 2 is 1.11 bits per heavy atom. The number of piperidine rings is 2. The molecule has 4 aliphatic rings. The predicted molar refractivity (Wildman–Crippen MR) is 254 cm³/mol. The lowest BCUT2D eigenvalue weighted by Crippen LogP contribution is -2.36. The first-order valence-corrected chi connectivity index (χ1v) is 24.9. The largest absolute Gasteiger partial charge is 0.481 e. The van der Waals surface area contributed by atoms with Crippen LogP contribution in [0.5, 0.6) is 11.8 Å². The van der Waals surface area contributed by atoms with Crippen molar-refractivity contribution in [1.29, 1.82) is 0 Å². The van der Waals surface area contributed by atoms with Crippen LogP contribution < -0.4 is 9.47 Å². The molecule has 2 aliphatic heterocycles. The van der Waals surface area contributed by atoms with Crippen molar-refractivity contribution >= 4 is 34.0 Å². The molecule has 2 aliphatic carbocycles. The molecule has 12 heteroatoms. The van der Waals surface area contributed by atoms with Crippen LogP contribution in [-0.2, 0) is 27.4 Å². The first-order valence-electron chi connectivity index (χ1n) is 24.9. The maximum atomic E-state index is 13.1. The Hall–Kier alpha value is -4.42. The summed E-state index contributed by atoms with van der Waals surface area (Å²) in [5.74, 6) is 1.74. The van der Waals surface area contributed by atoms with Crippen LogP contribution >= 0.6 is 0 Å². The van der Waals surface area contributed by atoms with E-state index >= 15 is 0 Å². The molecular weight excluding hydrogens is 817 g/mol. The molecule has 0 atom stereocenters. The van der Waals surface area contributed by atoms with Crippen LogP contribution in [-0.4, -0.2) is 91.8 Å². The highest BCUT2D eigenvalue weighted by Gasteiger charge is 2.34. The van der Waals surface area contributed by atoms with Gasteiger partial charge in [-0.25, -0.2) is 9.97 Å². The number of pyridine rings is 4. The number of hydrogen-bond acceptors (Lipinski definition) is 11. The number of rotatable bonds is 16. The zero-order valence-corrected chi connectivity index (χ0v) is 39.8. The van der Waals surface area contributed by atoms with Gasteiger partial charge in [-0.1, -0.05) is 34.6 Å². The van der Waals surface area contributed by atoms with E-state index in [9.17, 15) is 14.7 Å². The summed E-state index contributed by atoms with van der Waals surface area (Å²) in [6, 6.07) is 12.4. The number of nitrogens with zero attached hydrogens (tertiary/aromatic N) is 6. The van der Waals surface area contributed by atoms with Gasteiger partial charge in [0.15, 0.2) is 11.3 Å². The normalized spacial score (nSPS) is 23.4. The summed E-state index contributed by atoms with van der Waals surface area (Å²) < 4.78 is 18.5. The van der Waals surface area contributed by atoms with Crippen LogP contribution in [0.1, 0.15) is 142 Å². The van der Waals surface area contributed by atoms with E-state index in [4.69, 9.17) is 29.2 Å². The molecule has 0 aromatic carbocycles. The number of unbranched alkanes of at least 4 members (excludes halogenated alkanes) is 1. The standard InChI is InChI=1S/C53H74N6O6/c1-52(2,3)42-10-14-44(15-11-42)64-46-18-8-41-31-37(33-55-48(41)56-46)35-59-27-22-39(23-28-59)51(62)63-29-7-6-24-53(4,5)43-12-16-45(17-13-43)65-47-19-9-40-30-36(32-54-49(40)57-47)34-58-25-20-38(21-26-58)50(60)61/h8-9,18-19,30-33,38-39,42-45H,6-7,10-17,20-29,34-35H2,1-5H3,(H,60,61). The Morgan fingerprint density at radius 3 is 1.58 bits per heavy atom. The number of carbonyl (C=O) groups excluding carboxylic acids is 1. The molecule has 0 spiro atoms. The van der Waals surface area contributed by atoms with E-state index in [0.29, 0.717) is 48.2 Å². The molecule has 0 unspecified atom stereocenters. The fourth-order valence-electron chi connectivity index (χ4n) is 11.1. The summed E-state index contributed by atoms with van der Waals surface area (Å²) >= 11 is 0. The van der Waals surface area contributed by atoms with Gasteiger partial charge in [0.2, 0.25) is 11.8 Å². The molecule has 2 saturated carbocycles. The van der Waals surface area contributed by atoms with Gasteiger partial charge in [0, 0.05) is 48.4 Å². The fourth-order valence-corrected chi connectivity index (χ4v) is 11.1. The van der Waals surface area contributed by atoms with Crippen LogP contribution in [0.3, 0.4) is 0 Å². The first-order chi connectivity index (χ1) is 31.2. The first kappa shape index (κ1) is 47.1. The lowest BCUT2D eigenvalue weighted by Gasteiger charge is -2.39. The zero-order valence-electron chi connectivity index (χ0n) is 39.8. The number of likely N-dealkylation sites (tertiary alicyclic amines) is 2. The highest BCUT2D eigenvalue weighted by molar-refractivity contribution is 5.76. The van der Waals surface area contributed by atoms with Crippen LogP contribution in [0.15, 0.2) is 48.8 Å². The second-order valence-electron chi connectivity index (χ2n) is 21.7. The average Bonchev–Trinajstić information content (AvgIpc) is 3.29. The smallest absolute Gasteiger partial charge is 0.309 e. The average molecular weight is 891 g/mol. The van der Waals surface area contributed by atoms with Crippen molar-refractivity contribution in [2.45, 2.75) is 156 Å². The lowest BCUT2D eigenvalue weighted by atomic mass is 9.68. The van der Waals surface area contributed by atoms with Gasteiger partial charge >= 0.3 is 11.9 Å². The number of carboxylic acids is 1. The van der Waals surface area contributed by atoms with E-state index in [0.717, 1.165) is 143 Å². The van der Waals surface area contributed by atoms with Crippen molar-refractivity contribution in [2.75, 3.05) is 32.8 Å². The quantitative estimate of drug-likeness (QED) is 0.0846. The minimum Gasteiger partial charge on any atom is -0.481 e. The van der Waals surface area contributed by atoms with Gasteiger partial charge in [-0.05, 0) is 181 Å². The van der Waals surface area contributed by atoms with Gasteiger partial charge < -0.3 is 19.3 Å². The lowest BCUT2D eigenvalue weighted by molar-refractivity contribution is -0.150. The number of ether oxygens (including phenoxy) is 3. The third-order valence-electron chi connectivity index (χ3n) is 15.5. The number of carboxylic acid groups (broad SMARTS) is 1. The SMILES string of the molecule is CC(C)(C)C1CCC(Oc2ccc3cc(CN4CCC(C(=O)OCCCCC(C)(C)C5CCC(Oc6ccc7cc(CN8CCC(C(=O)O)CC8)cnc7n6)CC5)CC4)cnc3n2)CC1. The van der Waals surface area contributed by atoms with E-state index in [2.05, 4.69) is 67.6 Å². The van der Waals surface area contributed by atoms with Gasteiger partial charge in [-0.15, -0.1) is 0 Å². The van der Waals surface area contributed by atoms with E-state index in [-0.39, 0.29) is 35.4 Å². The van der Waals surface area contributed by atoms with Crippen molar-refractivity contribution in [1.82, 2.24) is 29.7 Å². The van der Waals surface area contributed by atoms with E-state index in [1.54, 1.807) is 0 Å². The van der Waals surface area contributed by atoms with Gasteiger partial charge in [0.25, 0.3) is 0 Å². The molecule has 0 bridgehead atoms. The number of fused-ring (bicyclic) bond motifs is 2. The molecule has 6 heterocycles. The summed E-state index contributed by atoms with van der Waals surface area (Å²) in [5.41, 5.74) is 4.27. The minimum absolute atomic E-state index is 0.0255. The number of esters is 1. The van der Waals surface area contributed by atoms with Crippen molar-refractivity contribution in [2.24, 2.45) is 34.5 Å². The summed E-state index contributed by atoms with van der Waals surface area (Å²) in [6.45, 7) is 17.3. The van der Waals surface area contributed by atoms with Crippen LogP contribution in [0.25, 0.3) is 22.1 Å². The van der Waals surface area contributed by atoms with Crippen LogP contribution in [0.2, 0.25) is 0 Å². The predicted octanol–water partition coefficient (Wildman–Crippen LogP) is 10.4. The van der Waals surface area contributed by atoms with Gasteiger partial charge in [-0.2, -0.15) is 9.97 Å². The van der Waals surface area contributed by atoms with Crippen molar-refractivity contribution < 1.29 is 28.9 Å². The Morgan fingerprint density at radius 1 is 0.631 bits per heavy atom. The topological polar surface area (TPSA) is 140 Å². The molecule has 12 nitrogen and oxygen atoms in total. The maximum absolute atomic E-state index is 13.1. The molecule has 8 rings (SSSR count). The van der Waals surface area contributed by atoms with Crippen molar-refractivity contribution in [3.63, 3.8) is 0 Å². The third kappa shape index (κ3) is 12.7. The van der Waals surface area contributed by atoms with Crippen LogP contribution in [0, 0.1) is 34.5 Å². The molecule has 4 aromatic rings. The zero-order chi connectivity index (χ0) is 45.6. The number of hydrogen-bond donors (Lipinski definition) is 1. The second-order valence-corrected chi connectivity index (χ2v) is 21.7. The van der Waals surface area contributed by atoms with E-state index in [1.165, 1.54) is 12.8 Å². The molecule has 0 amide bonds.